The topological polar surface area (TPSA) is 63.6 Å². The van der Waals surface area contributed by atoms with E-state index in [0.29, 0.717) is 17.3 Å². The molecule has 4 rings (SSSR count). The second-order valence-electron chi connectivity index (χ2n) is 7.20. The van der Waals surface area contributed by atoms with Gasteiger partial charge in [0.15, 0.2) is 0 Å². The lowest BCUT2D eigenvalue weighted by Gasteiger charge is -2.11. The first kappa shape index (κ1) is 20.8. The van der Waals surface area contributed by atoms with Crippen molar-refractivity contribution in [1.29, 1.82) is 0 Å². The molecule has 0 aliphatic carbocycles. The molecule has 1 fully saturated rings. The minimum atomic E-state index is -0.501. The lowest BCUT2D eigenvalue weighted by Crippen LogP contribution is -2.30. The number of carbonyl (C=O) groups is 2. The molecule has 7 heteroatoms. The number of ether oxygens (including phenoxy) is 1. The molecule has 1 aliphatic rings. The van der Waals surface area contributed by atoms with Crippen LogP contribution in [-0.4, -0.2) is 23.1 Å². The highest BCUT2D eigenvalue weighted by molar-refractivity contribution is 6.32. The predicted octanol–water partition coefficient (Wildman–Crippen LogP) is 5.24. The minimum Gasteiger partial charge on any atom is -0.494 e. The van der Waals surface area contributed by atoms with Gasteiger partial charge in [0.25, 0.3) is 5.91 Å². The summed E-state index contributed by atoms with van der Waals surface area (Å²) in [6, 6.07) is 16.0. The van der Waals surface area contributed by atoms with Gasteiger partial charge in [0.2, 0.25) is 0 Å². The molecule has 1 saturated heterocycles. The molecule has 0 atom stereocenters. The number of nitrogens with zero attached hydrogens (tertiary/aromatic N) is 2. The standard InChI is InChI=1S/C24H22ClN3O3/c1-4-31-21-10-8-19(9-11-21)27-15(2)12-17(16(27)3)13-22-23(29)28(24(30)26-22)20-7-5-6-18(25)14-20/h5-14H,4H2,1-3H3,(H,26,30)/b22-13+. The van der Waals surface area contributed by atoms with Crippen LogP contribution in [0.2, 0.25) is 5.02 Å². The number of hydrogen-bond acceptors (Lipinski definition) is 3. The lowest BCUT2D eigenvalue weighted by molar-refractivity contribution is -0.113. The molecule has 0 bridgehead atoms. The largest absolute Gasteiger partial charge is 0.494 e. The third-order valence-corrected chi connectivity index (χ3v) is 5.36. The van der Waals surface area contributed by atoms with Crippen LogP contribution in [0.3, 0.4) is 0 Å². The summed E-state index contributed by atoms with van der Waals surface area (Å²) in [5.41, 5.74) is 4.46. The Balaban J connectivity index is 1.66. The molecule has 3 aromatic rings. The molecule has 0 saturated carbocycles. The van der Waals surface area contributed by atoms with E-state index in [-0.39, 0.29) is 5.70 Å². The molecule has 31 heavy (non-hydrogen) atoms. The predicted molar refractivity (Wildman–Crippen MR) is 122 cm³/mol. The number of nitrogens with one attached hydrogen (secondary N) is 1. The van der Waals surface area contributed by atoms with Crippen LogP contribution in [0.5, 0.6) is 5.75 Å². The normalized spacial score (nSPS) is 15.0. The molecule has 3 amide bonds. The van der Waals surface area contributed by atoms with E-state index < -0.39 is 11.9 Å². The monoisotopic (exact) mass is 435 g/mol. The van der Waals surface area contributed by atoms with Gasteiger partial charge in [-0.25, -0.2) is 9.69 Å². The van der Waals surface area contributed by atoms with Crippen molar-refractivity contribution in [2.24, 2.45) is 0 Å². The molecule has 0 unspecified atom stereocenters. The lowest BCUT2D eigenvalue weighted by atomic mass is 10.2. The summed E-state index contributed by atoms with van der Waals surface area (Å²) in [7, 11) is 0. The average Bonchev–Trinajstić information content (AvgIpc) is 3.17. The molecule has 0 spiro atoms. The van der Waals surface area contributed by atoms with Crippen molar-refractivity contribution < 1.29 is 14.3 Å². The zero-order chi connectivity index (χ0) is 22.1. The maximum atomic E-state index is 12.9. The van der Waals surface area contributed by atoms with Gasteiger partial charge < -0.3 is 14.6 Å². The van der Waals surface area contributed by atoms with E-state index in [0.717, 1.165) is 33.3 Å². The molecule has 1 aromatic heterocycles. The van der Waals surface area contributed by atoms with E-state index in [9.17, 15) is 9.59 Å². The molecule has 2 aromatic carbocycles. The quantitative estimate of drug-likeness (QED) is 0.440. The van der Waals surface area contributed by atoms with Crippen LogP contribution in [-0.2, 0) is 4.79 Å². The van der Waals surface area contributed by atoms with Crippen LogP contribution in [0.4, 0.5) is 10.5 Å². The van der Waals surface area contributed by atoms with Gasteiger partial charge >= 0.3 is 6.03 Å². The van der Waals surface area contributed by atoms with Gasteiger partial charge in [-0.15, -0.1) is 0 Å². The van der Waals surface area contributed by atoms with Crippen molar-refractivity contribution in [3.63, 3.8) is 0 Å². The van der Waals surface area contributed by atoms with Gasteiger partial charge in [-0.05, 0) is 80.9 Å². The summed E-state index contributed by atoms with van der Waals surface area (Å²) in [5, 5.41) is 3.12. The number of benzene rings is 2. The molecule has 6 nitrogen and oxygen atoms in total. The fourth-order valence-corrected chi connectivity index (χ4v) is 3.91. The number of aromatic nitrogens is 1. The summed E-state index contributed by atoms with van der Waals surface area (Å²) in [5.74, 6) is 0.398. The summed E-state index contributed by atoms with van der Waals surface area (Å²) in [4.78, 5) is 26.5. The fourth-order valence-electron chi connectivity index (χ4n) is 3.73. The smallest absolute Gasteiger partial charge is 0.333 e. The van der Waals surface area contributed by atoms with Gasteiger partial charge in [-0.3, -0.25) is 4.79 Å². The number of imide groups is 1. The van der Waals surface area contributed by atoms with Crippen molar-refractivity contribution in [2.45, 2.75) is 20.8 Å². The van der Waals surface area contributed by atoms with Crippen molar-refractivity contribution in [3.8, 4) is 11.4 Å². The summed E-state index contributed by atoms with van der Waals surface area (Å²) in [6.07, 6.45) is 1.71. The average molecular weight is 436 g/mol. The Morgan fingerprint density at radius 3 is 2.45 bits per heavy atom. The maximum Gasteiger partial charge on any atom is 0.333 e. The number of urea groups is 1. The van der Waals surface area contributed by atoms with Gasteiger partial charge in [0, 0.05) is 22.1 Å². The van der Waals surface area contributed by atoms with Crippen molar-refractivity contribution >= 4 is 35.3 Å². The highest BCUT2D eigenvalue weighted by atomic mass is 35.5. The number of aryl methyl sites for hydroxylation is 1. The summed E-state index contributed by atoms with van der Waals surface area (Å²) >= 11 is 6.02. The third-order valence-electron chi connectivity index (χ3n) is 5.12. The van der Waals surface area contributed by atoms with Gasteiger partial charge in [-0.1, -0.05) is 17.7 Å². The molecule has 0 radical (unpaired) electrons. The van der Waals surface area contributed by atoms with Gasteiger partial charge in [0.1, 0.15) is 11.4 Å². The van der Waals surface area contributed by atoms with Crippen molar-refractivity contribution in [1.82, 2.24) is 9.88 Å². The van der Waals surface area contributed by atoms with Crippen LogP contribution in [0.25, 0.3) is 11.8 Å². The second kappa shape index (κ2) is 8.32. The van der Waals surface area contributed by atoms with Crippen LogP contribution >= 0.6 is 11.6 Å². The Hall–Kier alpha value is -3.51. The Morgan fingerprint density at radius 2 is 1.77 bits per heavy atom. The number of anilines is 1. The van der Waals surface area contributed by atoms with Crippen molar-refractivity contribution in [3.05, 3.63) is 82.3 Å². The van der Waals surface area contributed by atoms with Crippen LogP contribution in [0.1, 0.15) is 23.9 Å². The number of hydrogen-bond donors (Lipinski definition) is 1. The van der Waals surface area contributed by atoms with E-state index in [1.807, 2.05) is 51.1 Å². The second-order valence-corrected chi connectivity index (χ2v) is 7.63. The molecule has 158 valence electrons. The number of rotatable bonds is 5. The SMILES string of the molecule is CCOc1ccc(-n2c(C)cc(/C=C3/NC(=O)N(c4cccc(Cl)c4)C3=O)c2C)cc1. The molecular weight excluding hydrogens is 414 g/mol. The number of amides is 3. The van der Waals surface area contributed by atoms with E-state index in [2.05, 4.69) is 9.88 Å². The first-order valence-electron chi connectivity index (χ1n) is 9.94. The zero-order valence-electron chi connectivity index (χ0n) is 17.5. The number of halogens is 1. The first-order chi connectivity index (χ1) is 14.9. The highest BCUT2D eigenvalue weighted by Gasteiger charge is 2.35. The van der Waals surface area contributed by atoms with Crippen LogP contribution in [0.15, 0.2) is 60.3 Å². The Kier molecular flexibility index (Phi) is 5.57. The Morgan fingerprint density at radius 1 is 1.03 bits per heavy atom. The molecule has 1 N–H and O–H groups in total. The van der Waals surface area contributed by atoms with Crippen molar-refractivity contribution in [2.75, 3.05) is 11.5 Å². The van der Waals surface area contributed by atoms with E-state index in [4.69, 9.17) is 16.3 Å². The number of carbonyl (C=O) groups excluding carboxylic acids is 2. The minimum absolute atomic E-state index is 0.219. The third kappa shape index (κ3) is 3.94. The van der Waals surface area contributed by atoms with Gasteiger partial charge in [0.05, 0.1) is 12.3 Å². The molecule has 1 aliphatic heterocycles. The summed E-state index contributed by atoms with van der Waals surface area (Å²) < 4.78 is 7.61. The molecular formula is C24H22ClN3O3. The Labute approximate surface area is 185 Å². The maximum absolute atomic E-state index is 12.9. The van der Waals surface area contributed by atoms with Gasteiger partial charge in [-0.2, -0.15) is 0 Å². The van der Waals surface area contributed by atoms with Crippen LogP contribution in [0, 0.1) is 13.8 Å². The first-order valence-corrected chi connectivity index (χ1v) is 10.3. The Bertz CT molecular complexity index is 1200. The van der Waals surface area contributed by atoms with E-state index in [1.165, 1.54) is 0 Å². The van der Waals surface area contributed by atoms with E-state index >= 15 is 0 Å². The van der Waals surface area contributed by atoms with Crippen LogP contribution < -0.4 is 15.0 Å². The fraction of sp³-hybridized carbons (Fsp3) is 0.167. The van der Waals surface area contributed by atoms with E-state index in [1.54, 1.807) is 30.3 Å². The highest BCUT2D eigenvalue weighted by Crippen LogP contribution is 2.27. The summed E-state index contributed by atoms with van der Waals surface area (Å²) in [6.45, 7) is 6.54. The molecule has 2 heterocycles. The zero-order valence-corrected chi connectivity index (χ0v) is 18.2.